The van der Waals surface area contributed by atoms with E-state index in [-0.39, 0.29) is 0 Å². The molecule has 0 radical (unpaired) electrons. The van der Waals surface area contributed by atoms with E-state index in [0.717, 1.165) is 0 Å². The Balaban J connectivity index is 3.54. The molecule has 24 heteroatoms. The van der Waals surface area contributed by atoms with Crippen molar-refractivity contribution in [1.82, 2.24) is 4.57 Å². The minimum Gasteiger partial charge on any atom is -0.748 e. The zero-order valence-corrected chi connectivity index (χ0v) is 19.8. The molecule has 0 atom stereocenters. The monoisotopic (exact) mass is 654 g/mol. The maximum atomic E-state index is 14.2. The molecule has 0 unspecified atom stereocenters. The molecular formula is C15H11F17N2O3S2. The van der Waals surface area contributed by atoms with E-state index in [1.165, 1.54) is 0 Å². The van der Waals surface area contributed by atoms with Crippen molar-refractivity contribution in [3.63, 3.8) is 0 Å². The molecule has 0 aromatic carbocycles. The zero-order chi connectivity index (χ0) is 31.5. The second-order valence-electron chi connectivity index (χ2n) is 7.56. The summed E-state index contributed by atoms with van der Waals surface area (Å²) in [6, 6.07) is 0. The third kappa shape index (κ3) is 5.73. The van der Waals surface area contributed by atoms with Gasteiger partial charge in [0.1, 0.15) is 12.4 Å². The number of halogens is 17. The summed E-state index contributed by atoms with van der Waals surface area (Å²) >= 11 is -1.82. The molecular weight excluding hydrogens is 643 g/mol. The minimum absolute atomic E-state index is 0.350. The van der Waals surface area contributed by atoms with Crippen molar-refractivity contribution in [2.75, 3.05) is 5.75 Å². The normalized spacial score (nSPS) is 15.7. The van der Waals surface area contributed by atoms with Gasteiger partial charge in [0.15, 0.2) is 0 Å². The van der Waals surface area contributed by atoms with Crippen molar-refractivity contribution in [1.29, 1.82) is 0 Å². The highest BCUT2D eigenvalue weighted by molar-refractivity contribution is 8.00. The molecule has 0 saturated heterocycles. The molecule has 5 nitrogen and oxygen atoms in total. The van der Waals surface area contributed by atoms with E-state index in [0.29, 0.717) is 28.6 Å². The van der Waals surface area contributed by atoms with Gasteiger partial charge in [0.2, 0.25) is 0 Å². The zero-order valence-electron chi connectivity index (χ0n) is 18.1. The molecule has 1 heterocycles. The Kier molecular flexibility index (Phi) is 9.03. The first-order valence-corrected chi connectivity index (χ1v) is 11.6. The third-order valence-corrected chi connectivity index (χ3v) is 6.73. The molecule has 1 rings (SSSR count). The van der Waals surface area contributed by atoms with E-state index in [2.05, 4.69) is 0 Å². The van der Waals surface area contributed by atoms with E-state index >= 15 is 0 Å². The average Bonchev–Trinajstić information content (AvgIpc) is 3.04. The minimum atomic E-state index is -8.72. The molecule has 0 fully saturated rings. The van der Waals surface area contributed by atoms with Gasteiger partial charge in [0.05, 0.1) is 23.7 Å². The maximum Gasteiger partial charge on any atom is 0.460 e. The number of thioether (sulfide) groups is 1. The molecule has 1 aromatic rings. The smallest absolute Gasteiger partial charge is 0.460 e. The predicted octanol–water partition coefficient (Wildman–Crippen LogP) is 5.31. The van der Waals surface area contributed by atoms with Crippen molar-refractivity contribution in [3.05, 3.63) is 12.4 Å². The van der Waals surface area contributed by atoms with Crippen molar-refractivity contribution >= 4 is 21.9 Å². The van der Waals surface area contributed by atoms with Gasteiger partial charge in [-0.05, 0) is 6.42 Å². The van der Waals surface area contributed by atoms with Gasteiger partial charge in [-0.3, -0.25) is 0 Å². The van der Waals surface area contributed by atoms with Crippen LogP contribution in [0.5, 0.6) is 0 Å². The van der Waals surface area contributed by atoms with Gasteiger partial charge in [-0.2, -0.15) is 74.6 Å². The summed E-state index contributed by atoms with van der Waals surface area (Å²) in [5.41, 5.74) is 0. The summed E-state index contributed by atoms with van der Waals surface area (Å²) in [5, 5.41) is -8.07. The molecule has 0 aliphatic carbocycles. The van der Waals surface area contributed by atoms with Gasteiger partial charge in [0.25, 0.3) is 0 Å². The lowest BCUT2D eigenvalue weighted by molar-refractivity contribution is -0.709. The van der Waals surface area contributed by atoms with E-state index in [1.807, 2.05) is 0 Å². The Morgan fingerprint density at radius 2 is 1.13 bits per heavy atom. The highest BCUT2D eigenvalue weighted by Gasteiger charge is 2.95. The van der Waals surface area contributed by atoms with Crippen LogP contribution in [0.15, 0.2) is 17.6 Å². The van der Waals surface area contributed by atoms with Crippen LogP contribution in [0.1, 0.15) is 6.42 Å². The maximum absolute atomic E-state index is 14.2. The van der Waals surface area contributed by atoms with Crippen LogP contribution in [-0.4, -0.2) is 70.3 Å². The number of hydrogen-bond acceptors (Lipinski definition) is 4. The summed E-state index contributed by atoms with van der Waals surface area (Å²) in [7, 11) is -4.22. The molecule has 0 spiro atoms. The summed E-state index contributed by atoms with van der Waals surface area (Å²) < 4.78 is 260. The molecule has 230 valence electrons. The molecule has 0 bridgehead atoms. The standard InChI is InChI=1S/C15H11F17N2O3S2/c1-33-4-5-34(3-2-6-39(35,36)37)7(33)38-15(31,32)13(26,27)11(22,23)9(18,19)8(16,17)10(20,21)12(24,25)14(28,29)30/h4-5H,2-3,6H2,1H3. The fourth-order valence-corrected chi connectivity index (χ4v) is 3.99. The first-order valence-electron chi connectivity index (χ1n) is 9.22. The molecule has 0 N–H and O–H groups in total. The van der Waals surface area contributed by atoms with Gasteiger partial charge in [-0.25, -0.2) is 17.6 Å². The summed E-state index contributed by atoms with van der Waals surface area (Å²) in [4.78, 5) is 0. The highest BCUT2D eigenvalue weighted by atomic mass is 32.2. The van der Waals surface area contributed by atoms with Crippen LogP contribution in [-0.2, 0) is 23.7 Å². The molecule has 0 aliphatic heterocycles. The van der Waals surface area contributed by atoms with Crippen LogP contribution in [0.25, 0.3) is 0 Å². The number of rotatable bonds is 12. The van der Waals surface area contributed by atoms with Crippen molar-refractivity contribution in [3.8, 4) is 0 Å². The average molecular weight is 654 g/mol. The Labute approximate surface area is 209 Å². The molecule has 0 amide bonds. The second-order valence-corrected chi connectivity index (χ2v) is 10.2. The molecule has 39 heavy (non-hydrogen) atoms. The number of aryl methyl sites for hydroxylation is 2. The number of aromatic nitrogens is 2. The summed E-state index contributed by atoms with van der Waals surface area (Å²) in [6.07, 6.45) is -7.23. The molecule has 0 aliphatic rings. The number of alkyl halides is 17. The van der Waals surface area contributed by atoms with Gasteiger partial charge in [0, 0.05) is 17.5 Å². The Morgan fingerprint density at radius 3 is 1.51 bits per heavy atom. The second kappa shape index (κ2) is 9.98. The van der Waals surface area contributed by atoms with E-state index in [9.17, 15) is 87.6 Å². The van der Waals surface area contributed by atoms with Crippen molar-refractivity contribution < 1.29 is 92.2 Å². The fraction of sp³-hybridized carbons (Fsp3) is 0.800. The lowest BCUT2D eigenvalue weighted by Gasteiger charge is -2.42. The summed E-state index contributed by atoms with van der Waals surface area (Å²) in [6.45, 7) is -0.824. The third-order valence-electron chi connectivity index (χ3n) is 4.72. The van der Waals surface area contributed by atoms with E-state index < -0.39 is 92.7 Å². The topological polar surface area (TPSA) is 66.0 Å². The van der Waals surface area contributed by atoms with Crippen LogP contribution in [0.3, 0.4) is 0 Å². The van der Waals surface area contributed by atoms with Gasteiger partial charge < -0.3 is 4.55 Å². The van der Waals surface area contributed by atoms with Crippen molar-refractivity contribution in [2.24, 2.45) is 7.05 Å². The molecule has 1 aromatic heterocycles. The van der Waals surface area contributed by atoms with Crippen LogP contribution in [0, 0.1) is 0 Å². The first kappa shape index (κ1) is 35.3. The van der Waals surface area contributed by atoms with Crippen LogP contribution >= 0.6 is 11.8 Å². The van der Waals surface area contributed by atoms with Gasteiger partial charge >= 0.3 is 52.1 Å². The van der Waals surface area contributed by atoms with Crippen LogP contribution in [0.2, 0.25) is 0 Å². The number of hydrogen-bond donors (Lipinski definition) is 0. The van der Waals surface area contributed by atoms with E-state index in [4.69, 9.17) is 0 Å². The van der Waals surface area contributed by atoms with Crippen LogP contribution < -0.4 is 4.57 Å². The van der Waals surface area contributed by atoms with Crippen molar-refractivity contribution in [2.45, 2.75) is 65.1 Å². The lowest BCUT2D eigenvalue weighted by atomic mass is 9.91. The number of nitrogens with zero attached hydrogens (tertiary/aromatic N) is 2. The predicted molar refractivity (Wildman–Crippen MR) is 91.3 cm³/mol. The van der Waals surface area contributed by atoms with E-state index in [1.54, 1.807) is 0 Å². The Bertz CT molecular complexity index is 1140. The number of imidazole rings is 1. The quantitative estimate of drug-likeness (QED) is 0.133. The molecule has 0 saturated carbocycles. The van der Waals surface area contributed by atoms with Crippen LogP contribution in [0.4, 0.5) is 74.6 Å². The SMILES string of the molecule is C[n+]1ccn(CCCS(=O)(=O)[O-])c1SC(F)(F)C(F)(F)C(F)(F)C(F)(F)C(F)(F)C(F)(F)C(F)(F)C(F)(F)F. The van der Waals surface area contributed by atoms with Gasteiger partial charge in [-0.1, -0.05) is 0 Å². The largest absolute Gasteiger partial charge is 0.748 e. The Morgan fingerprint density at radius 1 is 0.744 bits per heavy atom. The summed E-state index contributed by atoms with van der Waals surface area (Å²) in [5.74, 6) is -51.7. The lowest BCUT2D eigenvalue weighted by Crippen LogP contribution is -2.74. The Hall–Kier alpha value is -1.72. The fourth-order valence-electron chi connectivity index (χ4n) is 2.55. The van der Waals surface area contributed by atoms with Gasteiger partial charge in [-0.15, -0.1) is 0 Å². The first-order chi connectivity index (χ1) is 16.8. The highest BCUT2D eigenvalue weighted by Crippen LogP contribution is 2.65.